The van der Waals surface area contributed by atoms with Crippen molar-refractivity contribution < 1.29 is 5.11 Å². The third-order valence-electron chi connectivity index (χ3n) is 7.08. The minimum atomic E-state index is -0.689. The Morgan fingerprint density at radius 1 is 0.971 bits per heavy atom. The molecule has 0 atom stereocenters. The standard InChI is InChI=1S/C29H29N5O/c1-18(2)24-14-25-31-15-21-13-23(19-7-5-4-6-8-19)26(32-27(21)34(25)33-24)20-9-11-22(12-10-20)29(30)16-28(3,35)17-29/h4-15,18,35H,16-17,30H2,1-3H3/t28-,29+. The Labute approximate surface area is 204 Å². The lowest BCUT2D eigenvalue weighted by Gasteiger charge is -2.49. The molecule has 6 rings (SSSR count). The molecule has 1 fully saturated rings. The molecule has 3 aromatic heterocycles. The van der Waals surface area contributed by atoms with E-state index in [1.165, 1.54) is 0 Å². The summed E-state index contributed by atoms with van der Waals surface area (Å²) in [5.41, 5.74) is 13.0. The molecule has 0 aliphatic heterocycles. The third kappa shape index (κ3) is 3.70. The topological polar surface area (TPSA) is 89.3 Å². The number of aromatic nitrogens is 4. The summed E-state index contributed by atoms with van der Waals surface area (Å²) in [5.74, 6) is 0.304. The number of benzene rings is 2. The highest BCUT2D eigenvalue weighted by Crippen LogP contribution is 2.46. The van der Waals surface area contributed by atoms with E-state index in [-0.39, 0.29) is 0 Å². The van der Waals surface area contributed by atoms with Crippen molar-refractivity contribution in [1.82, 2.24) is 19.6 Å². The molecule has 5 aromatic rings. The lowest BCUT2D eigenvalue weighted by atomic mass is 9.63. The Morgan fingerprint density at radius 3 is 2.34 bits per heavy atom. The SMILES string of the molecule is CC(C)c1cc2ncc3cc(-c4ccccc4)c(-c4ccc([C@]5(N)C[C@@](C)(O)C5)cc4)nc3n2n1. The van der Waals surface area contributed by atoms with Crippen LogP contribution in [0.1, 0.15) is 50.8 Å². The predicted molar refractivity (Wildman–Crippen MR) is 139 cm³/mol. The maximum Gasteiger partial charge on any atom is 0.165 e. The minimum absolute atomic E-state index is 0.304. The van der Waals surface area contributed by atoms with E-state index >= 15 is 0 Å². The van der Waals surface area contributed by atoms with Crippen LogP contribution in [0, 0.1) is 0 Å². The number of nitrogens with zero attached hydrogens (tertiary/aromatic N) is 4. The van der Waals surface area contributed by atoms with Gasteiger partial charge in [-0.15, -0.1) is 0 Å². The number of hydrogen-bond donors (Lipinski definition) is 2. The fourth-order valence-corrected chi connectivity index (χ4v) is 5.37. The van der Waals surface area contributed by atoms with E-state index in [1.807, 2.05) is 41.9 Å². The first-order valence-corrected chi connectivity index (χ1v) is 12.1. The van der Waals surface area contributed by atoms with Crippen LogP contribution < -0.4 is 5.73 Å². The quantitative estimate of drug-likeness (QED) is 0.371. The smallest absolute Gasteiger partial charge is 0.165 e. The second kappa shape index (κ2) is 7.70. The van der Waals surface area contributed by atoms with Crippen molar-refractivity contribution in [2.24, 2.45) is 5.73 Å². The Balaban J connectivity index is 1.53. The molecule has 0 unspecified atom stereocenters. The van der Waals surface area contributed by atoms with E-state index in [0.29, 0.717) is 18.8 Å². The van der Waals surface area contributed by atoms with Gasteiger partial charge in [-0.05, 0) is 42.9 Å². The largest absolute Gasteiger partial charge is 0.390 e. The molecule has 0 bridgehead atoms. The second-order valence-electron chi connectivity index (χ2n) is 10.5. The molecule has 0 radical (unpaired) electrons. The number of rotatable bonds is 4. The van der Waals surface area contributed by atoms with E-state index in [2.05, 4.69) is 61.3 Å². The average Bonchev–Trinajstić information content (AvgIpc) is 3.28. The number of nitrogens with two attached hydrogens (primary N) is 1. The van der Waals surface area contributed by atoms with E-state index in [0.717, 1.165) is 50.3 Å². The van der Waals surface area contributed by atoms with Crippen LogP contribution in [0.5, 0.6) is 0 Å². The summed E-state index contributed by atoms with van der Waals surface area (Å²) in [6.07, 6.45) is 3.00. The average molecular weight is 464 g/mol. The fourth-order valence-electron chi connectivity index (χ4n) is 5.37. The molecule has 1 aliphatic rings. The highest BCUT2D eigenvalue weighted by Gasteiger charge is 2.49. The zero-order valence-corrected chi connectivity index (χ0v) is 20.2. The van der Waals surface area contributed by atoms with E-state index < -0.39 is 11.1 Å². The summed E-state index contributed by atoms with van der Waals surface area (Å²) in [6, 6.07) is 22.8. The summed E-state index contributed by atoms with van der Waals surface area (Å²) in [6.45, 7) is 6.10. The van der Waals surface area contributed by atoms with Gasteiger partial charge in [0.15, 0.2) is 11.3 Å². The van der Waals surface area contributed by atoms with Gasteiger partial charge in [0.2, 0.25) is 0 Å². The Hall–Kier alpha value is -3.61. The van der Waals surface area contributed by atoms with E-state index in [4.69, 9.17) is 15.8 Å². The summed E-state index contributed by atoms with van der Waals surface area (Å²) in [5, 5.41) is 16.0. The maximum atomic E-state index is 10.2. The van der Waals surface area contributed by atoms with Gasteiger partial charge < -0.3 is 10.8 Å². The summed E-state index contributed by atoms with van der Waals surface area (Å²) >= 11 is 0. The fraction of sp³-hybridized carbons (Fsp3) is 0.276. The monoisotopic (exact) mass is 463 g/mol. The lowest BCUT2D eigenvalue weighted by molar-refractivity contribution is -0.0738. The van der Waals surface area contributed by atoms with Gasteiger partial charge in [-0.1, -0.05) is 68.4 Å². The molecule has 6 nitrogen and oxygen atoms in total. The molecule has 1 aliphatic carbocycles. The molecule has 3 N–H and O–H groups in total. The molecule has 2 aromatic carbocycles. The zero-order valence-electron chi connectivity index (χ0n) is 20.2. The van der Waals surface area contributed by atoms with Crippen LogP contribution in [0.3, 0.4) is 0 Å². The molecule has 0 amide bonds. The highest BCUT2D eigenvalue weighted by atomic mass is 16.3. The van der Waals surface area contributed by atoms with Gasteiger partial charge in [0.1, 0.15) is 0 Å². The van der Waals surface area contributed by atoms with Gasteiger partial charge in [-0.2, -0.15) is 9.61 Å². The van der Waals surface area contributed by atoms with Crippen LogP contribution in [0.25, 0.3) is 39.1 Å². The van der Waals surface area contributed by atoms with Gasteiger partial charge in [0, 0.05) is 34.3 Å². The Morgan fingerprint density at radius 2 is 1.69 bits per heavy atom. The third-order valence-corrected chi connectivity index (χ3v) is 7.08. The van der Waals surface area contributed by atoms with Crippen molar-refractivity contribution in [3.05, 3.63) is 84.2 Å². The molecule has 6 heteroatoms. The second-order valence-corrected chi connectivity index (χ2v) is 10.5. The van der Waals surface area contributed by atoms with E-state index in [1.54, 1.807) is 0 Å². The maximum absolute atomic E-state index is 10.2. The number of fused-ring (bicyclic) bond motifs is 3. The number of aliphatic hydroxyl groups is 1. The first-order chi connectivity index (χ1) is 16.7. The summed E-state index contributed by atoms with van der Waals surface area (Å²) < 4.78 is 1.85. The molecule has 35 heavy (non-hydrogen) atoms. The molecule has 3 heterocycles. The van der Waals surface area contributed by atoms with Crippen molar-refractivity contribution in [1.29, 1.82) is 0 Å². The molecule has 1 saturated carbocycles. The van der Waals surface area contributed by atoms with Crippen molar-refractivity contribution in [2.45, 2.75) is 50.7 Å². The van der Waals surface area contributed by atoms with Crippen LogP contribution in [0.15, 0.2) is 72.9 Å². The van der Waals surface area contributed by atoms with Crippen LogP contribution in [-0.4, -0.2) is 30.3 Å². The van der Waals surface area contributed by atoms with Crippen molar-refractivity contribution in [3.63, 3.8) is 0 Å². The molecular formula is C29H29N5O. The first kappa shape index (κ1) is 21.9. The van der Waals surface area contributed by atoms with Crippen LogP contribution in [-0.2, 0) is 5.54 Å². The Bertz CT molecular complexity index is 1540. The van der Waals surface area contributed by atoms with Gasteiger partial charge in [0.25, 0.3) is 0 Å². The van der Waals surface area contributed by atoms with Crippen molar-refractivity contribution in [3.8, 4) is 22.4 Å². The molecular weight excluding hydrogens is 434 g/mol. The minimum Gasteiger partial charge on any atom is -0.390 e. The molecule has 0 spiro atoms. The van der Waals surface area contributed by atoms with Crippen LogP contribution in [0.4, 0.5) is 0 Å². The van der Waals surface area contributed by atoms with Gasteiger partial charge in [-0.25, -0.2) is 9.97 Å². The van der Waals surface area contributed by atoms with Gasteiger partial charge >= 0.3 is 0 Å². The van der Waals surface area contributed by atoms with Crippen LogP contribution >= 0.6 is 0 Å². The lowest BCUT2D eigenvalue weighted by Crippen LogP contribution is -2.58. The molecule has 176 valence electrons. The molecule has 0 saturated heterocycles. The van der Waals surface area contributed by atoms with E-state index in [9.17, 15) is 5.11 Å². The van der Waals surface area contributed by atoms with Gasteiger partial charge in [0.05, 0.1) is 17.0 Å². The van der Waals surface area contributed by atoms with Gasteiger partial charge in [-0.3, -0.25) is 0 Å². The summed E-state index contributed by atoms with van der Waals surface area (Å²) in [7, 11) is 0. The number of pyridine rings is 1. The van der Waals surface area contributed by atoms with Crippen molar-refractivity contribution in [2.75, 3.05) is 0 Å². The first-order valence-electron chi connectivity index (χ1n) is 12.1. The zero-order chi connectivity index (χ0) is 24.4. The summed E-state index contributed by atoms with van der Waals surface area (Å²) in [4.78, 5) is 9.80. The highest BCUT2D eigenvalue weighted by molar-refractivity contribution is 5.90. The van der Waals surface area contributed by atoms with Crippen LogP contribution in [0.2, 0.25) is 0 Å². The predicted octanol–water partition coefficient (Wildman–Crippen LogP) is 5.43. The normalized spacial score (nSPS) is 22.1. The number of hydrogen-bond acceptors (Lipinski definition) is 5. The Kier molecular flexibility index (Phi) is 4.82. The van der Waals surface area contributed by atoms with Crippen molar-refractivity contribution >= 4 is 16.7 Å².